The molecule has 0 saturated carbocycles. The van der Waals surface area contributed by atoms with Crippen LogP contribution in [0.2, 0.25) is 0 Å². The molecule has 2 aromatic carbocycles. The van der Waals surface area contributed by atoms with Gasteiger partial charge in [-0.25, -0.2) is 12.8 Å². The van der Waals surface area contributed by atoms with Gasteiger partial charge in [0.25, 0.3) is 5.91 Å². The average molecular weight is 336 g/mol. The van der Waals surface area contributed by atoms with E-state index in [9.17, 15) is 17.6 Å². The van der Waals surface area contributed by atoms with Gasteiger partial charge in [-0.3, -0.25) is 9.52 Å². The minimum absolute atomic E-state index is 0.311. The predicted octanol–water partition coefficient (Wildman–Crippen LogP) is 2.69. The molecule has 2 rings (SSSR count). The van der Waals surface area contributed by atoms with E-state index < -0.39 is 10.0 Å². The van der Waals surface area contributed by atoms with Gasteiger partial charge in [-0.05, 0) is 42.8 Å². The number of rotatable bonds is 5. The molecular weight excluding hydrogens is 319 g/mol. The van der Waals surface area contributed by atoms with Crippen LogP contribution in [0.4, 0.5) is 10.1 Å². The van der Waals surface area contributed by atoms with Gasteiger partial charge in [0.05, 0.1) is 12.3 Å². The first-order valence-corrected chi connectivity index (χ1v) is 8.78. The third kappa shape index (κ3) is 5.07. The molecule has 1 atom stereocenters. The standard InChI is InChI=1S/C16H17FN2O3S/c1-11(12-6-8-14(17)9-7-12)18-16(20)13-4-3-5-15(10-13)19-23(2,21)22/h3-11,19H,1-2H3,(H,18,20)/t11-/m1/s1. The topological polar surface area (TPSA) is 75.3 Å². The Kier molecular flexibility index (Phi) is 5.00. The molecule has 0 aromatic heterocycles. The summed E-state index contributed by atoms with van der Waals surface area (Å²) in [4.78, 5) is 12.3. The van der Waals surface area contributed by atoms with Gasteiger partial charge >= 0.3 is 0 Å². The van der Waals surface area contributed by atoms with Crippen LogP contribution in [0.1, 0.15) is 28.9 Å². The van der Waals surface area contributed by atoms with Crippen LogP contribution in [-0.2, 0) is 10.0 Å². The second-order valence-electron chi connectivity index (χ2n) is 5.20. The molecule has 0 saturated heterocycles. The zero-order chi connectivity index (χ0) is 17.0. The quantitative estimate of drug-likeness (QED) is 0.881. The van der Waals surface area contributed by atoms with E-state index in [4.69, 9.17) is 0 Å². The van der Waals surface area contributed by atoms with Crippen molar-refractivity contribution in [3.63, 3.8) is 0 Å². The van der Waals surface area contributed by atoms with Crippen LogP contribution in [0.25, 0.3) is 0 Å². The Balaban J connectivity index is 2.11. The minimum atomic E-state index is -3.41. The molecule has 2 aromatic rings. The van der Waals surface area contributed by atoms with Crippen LogP contribution in [0.5, 0.6) is 0 Å². The summed E-state index contributed by atoms with van der Waals surface area (Å²) in [6, 6.07) is 11.7. The van der Waals surface area contributed by atoms with Gasteiger partial charge in [-0.2, -0.15) is 0 Å². The van der Waals surface area contributed by atoms with Crippen LogP contribution in [0.15, 0.2) is 48.5 Å². The predicted molar refractivity (Wildman–Crippen MR) is 87.2 cm³/mol. The number of halogens is 1. The van der Waals surface area contributed by atoms with Crippen molar-refractivity contribution in [2.45, 2.75) is 13.0 Å². The summed E-state index contributed by atoms with van der Waals surface area (Å²) in [5.74, 6) is -0.689. The first kappa shape index (κ1) is 17.0. The van der Waals surface area contributed by atoms with Crippen LogP contribution >= 0.6 is 0 Å². The Morgan fingerprint density at radius 2 is 1.78 bits per heavy atom. The molecule has 23 heavy (non-hydrogen) atoms. The van der Waals surface area contributed by atoms with E-state index in [1.54, 1.807) is 37.3 Å². The smallest absolute Gasteiger partial charge is 0.251 e. The minimum Gasteiger partial charge on any atom is -0.346 e. The lowest BCUT2D eigenvalue weighted by atomic mass is 10.1. The summed E-state index contributed by atoms with van der Waals surface area (Å²) in [6.45, 7) is 1.78. The fraction of sp³-hybridized carbons (Fsp3) is 0.188. The Labute approximate surface area is 134 Å². The number of carbonyl (C=O) groups excluding carboxylic acids is 1. The Morgan fingerprint density at radius 1 is 1.13 bits per heavy atom. The number of amides is 1. The molecule has 0 bridgehead atoms. The van der Waals surface area contributed by atoms with Crippen molar-refractivity contribution in [2.24, 2.45) is 0 Å². The number of nitrogens with one attached hydrogen (secondary N) is 2. The fourth-order valence-corrected chi connectivity index (χ4v) is 2.61. The van der Waals surface area contributed by atoms with Gasteiger partial charge in [0.1, 0.15) is 5.82 Å². The van der Waals surface area contributed by atoms with Crippen molar-refractivity contribution in [3.8, 4) is 0 Å². The molecule has 0 aliphatic rings. The maximum atomic E-state index is 12.9. The summed E-state index contributed by atoms with van der Waals surface area (Å²) in [5.41, 5.74) is 1.41. The fourth-order valence-electron chi connectivity index (χ4n) is 2.05. The van der Waals surface area contributed by atoms with E-state index in [1.165, 1.54) is 18.2 Å². The van der Waals surface area contributed by atoms with Crippen LogP contribution < -0.4 is 10.0 Å². The lowest BCUT2D eigenvalue weighted by Crippen LogP contribution is -2.26. The van der Waals surface area contributed by atoms with E-state index >= 15 is 0 Å². The largest absolute Gasteiger partial charge is 0.346 e. The Bertz CT molecular complexity index is 804. The van der Waals surface area contributed by atoms with Gasteiger partial charge in [-0.15, -0.1) is 0 Å². The lowest BCUT2D eigenvalue weighted by molar-refractivity contribution is 0.0940. The zero-order valence-electron chi connectivity index (χ0n) is 12.7. The van der Waals surface area contributed by atoms with Crippen molar-refractivity contribution in [2.75, 3.05) is 11.0 Å². The van der Waals surface area contributed by atoms with Crippen LogP contribution in [-0.4, -0.2) is 20.6 Å². The second kappa shape index (κ2) is 6.78. The SMILES string of the molecule is C[C@@H](NC(=O)c1cccc(NS(C)(=O)=O)c1)c1ccc(F)cc1. The third-order valence-electron chi connectivity index (χ3n) is 3.15. The second-order valence-corrected chi connectivity index (χ2v) is 6.95. The molecule has 0 unspecified atom stereocenters. The molecule has 0 aliphatic carbocycles. The molecule has 0 aliphatic heterocycles. The normalized spacial score (nSPS) is 12.5. The Morgan fingerprint density at radius 3 is 2.39 bits per heavy atom. The number of sulfonamides is 1. The van der Waals surface area contributed by atoms with Gasteiger partial charge in [0.2, 0.25) is 10.0 Å². The highest BCUT2D eigenvalue weighted by molar-refractivity contribution is 7.92. The van der Waals surface area contributed by atoms with Crippen molar-refractivity contribution < 1.29 is 17.6 Å². The van der Waals surface area contributed by atoms with Gasteiger partial charge in [0.15, 0.2) is 0 Å². The maximum absolute atomic E-state index is 12.9. The maximum Gasteiger partial charge on any atom is 0.251 e. The van der Waals surface area contributed by atoms with E-state index in [-0.39, 0.29) is 17.8 Å². The molecule has 7 heteroatoms. The van der Waals surface area contributed by atoms with Crippen molar-refractivity contribution >= 4 is 21.6 Å². The van der Waals surface area contributed by atoms with Gasteiger partial charge in [-0.1, -0.05) is 18.2 Å². The Hall–Kier alpha value is -2.41. The number of benzene rings is 2. The van der Waals surface area contributed by atoms with E-state index in [1.807, 2.05) is 0 Å². The summed E-state index contributed by atoms with van der Waals surface area (Å²) in [6.07, 6.45) is 1.04. The third-order valence-corrected chi connectivity index (χ3v) is 3.75. The molecule has 0 heterocycles. The molecule has 5 nitrogen and oxygen atoms in total. The van der Waals surface area contributed by atoms with Crippen LogP contribution in [0, 0.1) is 5.82 Å². The molecule has 0 radical (unpaired) electrons. The monoisotopic (exact) mass is 336 g/mol. The molecule has 122 valence electrons. The van der Waals surface area contributed by atoms with E-state index in [2.05, 4.69) is 10.0 Å². The zero-order valence-corrected chi connectivity index (χ0v) is 13.5. The highest BCUT2D eigenvalue weighted by atomic mass is 32.2. The summed E-state index contributed by atoms with van der Waals surface area (Å²) < 4.78 is 37.7. The van der Waals surface area contributed by atoms with Crippen molar-refractivity contribution in [3.05, 3.63) is 65.5 Å². The molecular formula is C16H17FN2O3S. The number of hydrogen-bond acceptors (Lipinski definition) is 3. The highest BCUT2D eigenvalue weighted by Crippen LogP contribution is 2.16. The first-order chi connectivity index (χ1) is 10.7. The van der Waals surface area contributed by atoms with Gasteiger partial charge in [0, 0.05) is 11.3 Å². The number of carbonyl (C=O) groups is 1. The summed E-state index contributed by atoms with van der Waals surface area (Å²) in [5, 5.41) is 2.78. The van der Waals surface area contributed by atoms with Crippen molar-refractivity contribution in [1.29, 1.82) is 0 Å². The summed E-state index contributed by atoms with van der Waals surface area (Å²) >= 11 is 0. The van der Waals surface area contributed by atoms with E-state index in [0.29, 0.717) is 11.3 Å². The molecule has 0 spiro atoms. The first-order valence-electron chi connectivity index (χ1n) is 6.89. The highest BCUT2D eigenvalue weighted by Gasteiger charge is 2.12. The number of anilines is 1. The van der Waals surface area contributed by atoms with Crippen LogP contribution in [0.3, 0.4) is 0 Å². The molecule has 1 amide bonds. The van der Waals surface area contributed by atoms with E-state index in [0.717, 1.165) is 11.8 Å². The van der Waals surface area contributed by atoms with Gasteiger partial charge < -0.3 is 5.32 Å². The number of hydrogen-bond donors (Lipinski definition) is 2. The average Bonchev–Trinajstić information content (AvgIpc) is 2.46. The van der Waals surface area contributed by atoms with Crippen molar-refractivity contribution in [1.82, 2.24) is 5.32 Å². The molecule has 2 N–H and O–H groups in total. The lowest BCUT2D eigenvalue weighted by Gasteiger charge is -2.15. The molecule has 0 fully saturated rings. The summed E-state index contributed by atoms with van der Waals surface area (Å²) in [7, 11) is -3.41.